The zero-order chi connectivity index (χ0) is 12.4. The van der Waals surface area contributed by atoms with Crippen LogP contribution in [0.5, 0.6) is 0 Å². The van der Waals surface area contributed by atoms with Crippen LogP contribution in [0.15, 0.2) is 17.5 Å². The third-order valence-corrected chi connectivity index (χ3v) is 5.55. The molecule has 1 aromatic rings. The molecule has 0 spiro atoms. The summed E-state index contributed by atoms with van der Waals surface area (Å²) in [6.07, 6.45) is 0. The maximum Gasteiger partial charge on any atom is 0.213 e. The van der Waals surface area contributed by atoms with Crippen LogP contribution in [0.1, 0.15) is 32.6 Å². The van der Waals surface area contributed by atoms with E-state index in [0.717, 1.165) is 0 Å². The van der Waals surface area contributed by atoms with Crippen LogP contribution in [0.4, 0.5) is 0 Å². The largest absolute Gasteiger partial charge is 0.214 e. The number of thiophene rings is 1. The van der Waals surface area contributed by atoms with Gasteiger partial charge in [0.1, 0.15) is 0 Å². The van der Waals surface area contributed by atoms with Gasteiger partial charge in [-0.15, -0.1) is 11.3 Å². The molecule has 0 aliphatic carbocycles. The third-order valence-electron chi connectivity index (χ3n) is 2.52. The number of rotatable bonds is 5. The van der Waals surface area contributed by atoms with E-state index in [1.165, 1.54) is 4.88 Å². The van der Waals surface area contributed by atoms with Crippen LogP contribution in [0, 0.1) is 0 Å². The van der Waals surface area contributed by atoms with Gasteiger partial charge in [-0.3, -0.25) is 0 Å². The van der Waals surface area contributed by atoms with E-state index >= 15 is 0 Å². The van der Waals surface area contributed by atoms with Gasteiger partial charge in [0, 0.05) is 16.8 Å². The summed E-state index contributed by atoms with van der Waals surface area (Å²) in [4.78, 5) is 1.19. The maximum absolute atomic E-state index is 11.6. The van der Waals surface area contributed by atoms with Crippen molar-refractivity contribution in [2.45, 2.75) is 38.4 Å². The summed E-state index contributed by atoms with van der Waals surface area (Å²) in [5.41, 5.74) is -0.157. The van der Waals surface area contributed by atoms with Crippen LogP contribution >= 0.6 is 11.3 Å². The lowest BCUT2D eigenvalue weighted by Crippen LogP contribution is -2.39. The molecule has 0 atom stereocenters. The molecule has 5 heteroatoms. The molecule has 0 aliphatic heterocycles. The van der Waals surface area contributed by atoms with Gasteiger partial charge in [0.15, 0.2) is 0 Å². The molecule has 92 valence electrons. The Morgan fingerprint density at radius 3 is 2.50 bits per heavy atom. The first-order valence-corrected chi connectivity index (χ1v) is 7.71. The molecule has 16 heavy (non-hydrogen) atoms. The Balaban J connectivity index is 2.69. The molecule has 0 saturated carbocycles. The monoisotopic (exact) mass is 261 g/mol. The molecule has 0 saturated heterocycles. The minimum absolute atomic E-state index is 0.157. The van der Waals surface area contributed by atoms with Crippen LogP contribution in [0.3, 0.4) is 0 Å². The number of nitrogens with one attached hydrogen (secondary N) is 1. The topological polar surface area (TPSA) is 46.2 Å². The molecule has 1 rings (SSSR count). The van der Waals surface area contributed by atoms with Gasteiger partial charge in [0.05, 0.1) is 5.25 Å². The van der Waals surface area contributed by atoms with Crippen molar-refractivity contribution in [3.63, 3.8) is 0 Å². The Morgan fingerprint density at radius 1 is 1.44 bits per heavy atom. The van der Waals surface area contributed by atoms with E-state index < -0.39 is 10.0 Å². The molecule has 0 bridgehead atoms. The zero-order valence-electron chi connectivity index (χ0n) is 10.1. The Bertz CT molecular complexity index is 419. The molecule has 0 amide bonds. The van der Waals surface area contributed by atoms with Crippen molar-refractivity contribution in [3.8, 4) is 0 Å². The van der Waals surface area contributed by atoms with E-state index in [9.17, 15) is 8.42 Å². The fourth-order valence-electron chi connectivity index (χ4n) is 1.20. The van der Waals surface area contributed by atoms with Crippen LogP contribution in [0.2, 0.25) is 0 Å². The molecule has 1 heterocycles. The molecule has 0 aromatic carbocycles. The first kappa shape index (κ1) is 13.7. The summed E-state index contributed by atoms with van der Waals surface area (Å²) in [6, 6.07) is 4.02. The molecule has 1 aromatic heterocycles. The molecular weight excluding hydrogens is 242 g/mol. The van der Waals surface area contributed by atoms with Gasteiger partial charge < -0.3 is 0 Å². The fraction of sp³-hybridized carbons (Fsp3) is 0.636. The molecule has 0 fully saturated rings. The predicted molar refractivity (Wildman–Crippen MR) is 69.4 cm³/mol. The van der Waals surface area contributed by atoms with Gasteiger partial charge in [-0.05, 0) is 25.3 Å². The average Bonchev–Trinajstić information content (AvgIpc) is 2.68. The summed E-state index contributed by atoms with van der Waals surface area (Å²) >= 11 is 1.65. The standard InChI is InChI=1S/C11H19NO2S2/c1-9(2)16(13,14)12-8-11(3,4)10-6-5-7-15-10/h5-7,9,12H,8H2,1-4H3. The second-order valence-electron chi connectivity index (χ2n) is 4.78. The molecule has 0 unspecified atom stereocenters. The first-order chi connectivity index (χ1) is 7.26. The molecule has 3 nitrogen and oxygen atoms in total. The zero-order valence-corrected chi connectivity index (χ0v) is 11.8. The number of hydrogen-bond donors (Lipinski definition) is 1. The Hall–Kier alpha value is -0.390. The number of sulfonamides is 1. The lowest BCUT2D eigenvalue weighted by Gasteiger charge is -2.24. The van der Waals surface area contributed by atoms with E-state index in [4.69, 9.17) is 0 Å². The van der Waals surface area contributed by atoms with Crippen LogP contribution in [-0.4, -0.2) is 20.2 Å². The molecular formula is C11H19NO2S2. The summed E-state index contributed by atoms with van der Waals surface area (Å²) in [5, 5.41) is 1.63. The Labute approximate surface area is 102 Å². The predicted octanol–water partition coefficient (Wildman–Crippen LogP) is 2.35. The van der Waals surface area contributed by atoms with Gasteiger partial charge >= 0.3 is 0 Å². The van der Waals surface area contributed by atoms with Gasteiger partial charge in [-0.25, -0.2) is 13.1 Å². The van der Waals surface area contributed by atoms with Gasteiger partial charge in [0.25, 0.3) is 0 Å². The maximum atomic E-state index is 11.6. The highest BCUT2D eigenvalue weighted by atomic mass is 32.2. The van der Waals surface area contributed by atoms with Crippen molar-refractivity contribution in [2.24, 2.45) is 0 Å². The third kappa shape index (κ3) is 3.30. The Morgan fingerprint density at radius 2 is 2.06 bits per heavy atom. The normalized spacial score (nSPS) is 13.3. The van der Waals surface area contributed by atoms with Crippen molar-refractivity contribution in [3.05, 3.63) is 22.4 Å². The minimum Gasteiger partial charge on any atom is -0.214 e. The highest BCUT2D eigenvalue weighted by Gasteiger charge is 2.25. The van der Waals surface area contributed by atoms with Crippen molar-refractivity contribution in [1.82, 2.24) is 4.72 Å². The molecule has 0 radical (unpaired) electrons. The quantitative estimate of drug-likeness (QED) is 0.884. The SMILES string of the molecule is CC(C)S(=O)(=O)NCC(C)(C)c1cccs1. The van der Waals surface area contributed by atoms with Crippen molar-refractivity contribution < 1.29 is 8.42 Å². The lowest BCUT2D eigenvalue weighted by atomic mass is 9.92. The van der Waals surface area contributed by atoms with Crippen molar-refractivity contribution in [1.29, 1.82) is 0 Å². The van der Waals surface area contributed by atoms with Crippen LogP contribution < -0.4 is 4.72 Å². The summed E-state index contributed by atoms with van der Waals surface area (Å²) in [5.74, 6) is 0. The van der Waals surface area contributed by atoms with E-state index in [0.29, 0.717) is 6.54 Å². The van der Waals surface area contributed by atoms with Gasteiger partial charge in [-0.1, -0.05) is 19.9 Å². The second-order valence-corrected chi connectivity index (χ2v) is 8.05. The van der Waals surface area contributed by atoms with Crippen molar-refractivity contribution in [2.75, 3.05) is 6.54 Å². The highest BCUT2D eigenvalue weighted by molar-refractivity contribution is 7.90. The lowest BCUT2D eigenvalue weighted by molar-refractivity contribution is 0.506. The van der Waals surface area contributed by atoms with Crippen LogP contribution in [0.25, 0.3) is 0 Å². The van der Waals surface area contributed by atoms with E-state index in [2.05, 4.69) is 4.72 Å². The summed E-state index contributed by atoms with van der Waals surface area (Å²) in [7, 11) is -3.17. The van der Waals surface area contributed by atoms with Crippen LogP contribution in [-0.2, 0) is 15.4 Å². The average molecular weight is 261 g/mol. The van der Waals surface area contributed by atoms with E-state index in [1.807, 2.05) is 31.4 Å². The van der Waals surface area contributed by atoms with Gasteiger partial charge in [-0.2, -0.15) is 0 Å². The summed E-state index contributed by atoms with van der Waals surface area (Å²) in [6.45, 7) is 7.89. The molecule has 0 aliphatic rings. The second kappa shape index (κ2) is 4.85. The van der Waals surface area contributed by atoms with Crippen molar-refractivity contribution >= 4 is 21.4 Å². The number of hydrogen-bond acceptors (Lipinski definition) is 3. The van der Waals surface area contributed by atoms with Gasteiger partial charge in [0.2, 0.25) is 10.0 Å². The minimum atomic E-state index is -3.17. The smallest absolute Gasteiger partial charge is 0.213 e. The van der Waals surface area contributed by atoms with E-state index in [1.54, 1.807) is 25.2 Å². The van der Waals surface area contributed by atoms with E-state index in [-0.39, 0.29) is 10.7 Å². The highest BCUT2D eigenvalue weighted by Crippen LogP contribution is 2.26. The fourth-order valence-corrected chi connectivity index (χ4v) is 2.95. The first-order valence-electron chi connectivity index (χ1n) is 5.28. The Kier molecular flexibility index (Phi) is 4.15. The summed E-state index contributed by atoms with van der Waals surface area (Å²) < 4.78 is 25.9. The molecule has 1 N–H and O–H groups in total.